The Bertz CT molecular complexity index is 739. The third kappa shape index (κ3) is 2.77. The van der Waals surface area contributed by atoms with Crippen LogP contribution in [-0.2, 0) is 0 Å². The van der Waals surface area contributed by atoms with E-state index in [4.69, 9.17) is 4.74 Å². The Kier molecular flexibility index (Phi) is 3.65. The van der Waals surface area contributed by atoms with Gasteiger partial charge in [-0.1, -0.05) is 42.5 Å². The Labute approximate surface area is 122 Å². The van der Waals surface area contributed by atoms with Crippen LogP contribution in [0, 0.1) is 5.95 Å². The molecule has 0 amide bonds. The molecule has 0 saturated carbocycles. The third-order valence-electron chi connectivity index (χ3n) is 3.35. The number of halogens is 1. The van der Waals surface area contributed by atoms with E-state index >= 15 is 0 Å². The lowest BCUT2D eigenvalue weighted by Crippen LogP contribution is -1.91. The smallest absolute Gasteiger partial charge is 0.220 e. The molecule has 0 unspecified atom stereocenters. The van der Waals surface area contributed by atoms with Gasteiger partial charge in [0, 0.05) is 17.3 Å². The number of aromatic nitrogens is 1. The zero-order chi connectivity index (χ0) is 14.7. The summed E-state index contributed by atoms with van der Waals surface area (Å²) in [5.74, 6) is 0.270. The van der Waals surface area contributed by atoms with Gasteiger partial charge >= 0.3 is 0 Å². The minimum Gasteiger partial charge on any atom is -0.497 e. The first-order chi connectivity index (χ1) is 10.3. The first-order valence-corrected chi connectivity index (χ1v) is 6.63. The number of hydrogen-bond acceptors (Lipinski definition) is 2. The fraction of sp³-hybridized carbons (Fsp3) is 0.0556. The molecule has 21 heavy (non-hydrogen) atoms. The molecule has 0 fully saturated rings. The third-order valence-corrected chi connectivity index (χ3v) is 3.35. The fourth-order valence-corrected chi connectivity index (χ4v) is 2.21. The van der Waals surface area contributed by atoms with Crippen LogP contribution in [0.3, 0.4) is 0 Å². The standard InChI is InChI=1S/C18H14FNO/c1-21-16-9-7-14(8-10-16)17-11-15(12-20-18(17)19)13-5-3-2-4-6-13/h2-12H,1H3. The predicted octanol–water partition coefficient (Wildman–Crippen LogP) is 4.56. The summed E-state index contributed by atoms with van der Waals surface area (Å²) in [6, 6.07) is 18.9. The Morgan fingerprint density at radius 2 is 1.57 bits per heavy atom. The zero-order valence-electron chi connectivity index (χ0n) is 11.6. The molecule has 0 aliphatic carbocycles. The van der Waals surface area contributed by atoms with Crippen molar-refractivity contribution < 1.29 is 9.13 Å². The van der Waals surface area contributed by atoms with Gasteiger partial charge in [0.2, 0.25) is 5.95 Å². The maximum Gasteiger partial charge on any atom is 0.220 e. The van der Waals surface area contributed by atoms with Crippen molar-refractivity contribution >= 4 is 0 Å². The van der Waals surface area contributed by atoms with Gasteiger partial charge in [-0.25, -0.2) is 4.98 Å². The van der Waals surface area contributed by atoms with Crippen LogP contribution >= 0.6 is 0 Å². The van der Waals surface area contributed by atoms with Crippen LogP contribution in [0.5, 0.6) is 5.75 Å². The minimum atomic E-state index is -0.472. The normalized spacial score (nSPS) is 10.4. The maximum atomic E-state index is 14.0. The topological polar surface area (TPSA) is 22.1 Å². The number of nitrogens with zero attached hydrogens (tertiary/aromatic N) is 1. The van der Waals surface area contributed by atoms with Gasteiger partial charge in [-0.15, -0.1) is 0 Å². The van der Waals surface area contributed by atoms with Crippen molar-refractivity contribution in [3.05, 3.63) is 72.8 Å². The van der Waals surface area contributed by atoms with Crippen molar-refractivity contribution in [1.29, 1.82) is 0 Å². The first-order valence-electron chi connectivity index (χ1n) is 6.63. The lowest BCUT2D eigenvalue weighted by Gasteiger charge is -2.07. The van der Waals surface area contributed by atoms with Gasteiger partial charge in [-0.3, -0.25) is 0 Å². The summed E-state index contributed by atoms with van der Waals surface area (Å²) in [6.45, 7) is 0. The molecular formula is C18H14FNO. The summed E-state index contributed by atoms with van der Waals surface area (Å²) in [5.41, 5.74) is 3.17. The number of pyridine rings is 1. The molecule has 0 atom stereocenters. The second kappa shape index (κ2) is 5.75. The highest BCUT2D eigenvalue weighted by Gasteiger charge is 2.09. The van der Waals surface area contributed by atoms with Crippen LogP contribution in [0.1, 0.15) is 0 Å². The van der Waals surface area contributed by atoms with E-state index < -0.39 is 5.95 Å². The van der Waals surface area contributed by atoms with Crippen LogP contribution in [0.25, 0.3) is 22.3 Å². The summed E-state index contributed by atoms with van der Waals surface area (Å²) in [6.07, 6.45) is 1.55. The molecule has 1 aromatic heterocycles. The molecule has 3 rings (SSSR count). The van der Waals surface area contributed by atoms with E-state index in [0.29, 0.717) is 5.56 Å². The van der Waals surface area contributed by atoms with Crippen LogP contribution in [0.15, 0.2) is 66.9 Å². The van der Waals surface area contributed by atoms with E-state index in [9.17, 15) is 4.39 Å². The lowest BCUT2D eigenvalue weighted by atomic mass is 10.0. The molecule has 0 bridgehead atoms. The Morgan fingerprint density at radius 3 is 2.24 bits per heavy atom. The highest BCUT2D eigenvalue weighted by atomic mass is 19.1. The van der Waals surface area contributed by atoms with Gasteiger partial charge in [-0.2, -0.15) is 4.39 Å². The number of ether oxygens (including phenoxy) is 1. The number of rotatable bonds is 3. The molecule has 0 N–H and O–H groups in total. The molecule has 0 radical (unpaired) electrons. The average Bonchev–Trinajstić information content (AvgIpc) is 2.56. The van der Waals surface area contributed by atoms with Crippen molar-refractivity contribution in [3.8, 4) is 28.0 Å². The number of benzene rings is 2. The molecular weight excluding hydrogens is 265 g/mol. The van der Waals surface area contributed by atoms with E-state index in [1.165, 1.54) is 0 Å². The highest BCUT2D eigenvalue weighted by molar-refractivity contribution is 5.72. The van der Waals surface area contributed by atoms with E-state index in [1.54, 1.807) is 13.3 Å². The van der Waals surface area contributed by atoms with E-state index in [0.717, 1.165) is 22.4 Å². The molecule has 3 aromatic rings. The molecule has 2 aromatic carbocycles. The molecule has 1 heterocycles. The molecule has 0 saturated heterocycles. The summed E-state index contributed by atoms with van der Waals surface area (Å²) in [5, 5.41) is 0. The predicted molar refractivity (Wildman–Crippen MR) is 81.6 cm³/mol. The van der Waals surface area contributed by atoms with Crippen molar-refractivity contribution in [3.63, 3.8) is 0 Å². The first kappa shape index (κ1) is 13.3. The van der Waals surface area contributed by atoms with Crippen LogP contribution < -0.4 is 4.74 Å². The van der Waals surface area contributed by atoms with Gasteiger partial charge in [-0.05, 0) is 29.3 Å². The largest absolute Gasteiger partial charge is 0.497 e. The minimum absolute atomic E-state index is 0.472. The number of hydrogen-bond donors (Lipinski definition) is 0. The maximum absolute atomic E-state index is 14.0. The van der Waals surface area contributed by atoms with Crippen molar-refractivity contribution in [2.75, 3.05) is 7.11 Å². The van der Waals surface area contributed by atoms with Crippen LogP contribution in [0.2, 0.25) is 0 Å². The summed E-state index contributed by atoms with van der Waals surface area (Å²) < 4.78 is 19.1. The molecule has 0 aliphatic heterocycles. The monoisotopic (exact) mass is 279 g/mol. The fourth-order valence-electron chi connectivity index (χ4n) is 2.21. The van der Waals surface area contributed by atoms with E-state index in [-0.39, 0.29) is 0 Å². The van der Waals surface area contributed by atoms with Crippen LogP contribution in [0.4, 0.5) is 4.39 Å². The van der Waals surface area contributed by atoms with E-state index in [1.807, 2.05) is 60.7 Å². The van der Waals surface area contributed by atoms with Crippen molar-refractivity contribution in [2.45, 2.75) is 0 Å². The van der Waals surface area contributed by atoms with E-state index in [2.05, 4.69) is 4.98 Å². The van der Waals surface area contributed by atoms with Gasteiger partial charge in [0.15, 0.2) is 0 Å². The number of methoxy groups -OCH3 is 1. The highest BCUT2D eigenvalue weighted by Crippen LogP contribution is 2.28. The quantitative estimate of drug-likeness (QED) is 0.655. The summed E-state index contributed by atoms with van der Waals surface area (Å²) >= 11 is 0. The lowest BCUT2D eigenvalue weighted by molar-refractivity contribution is 0.415. The second-order valence-electron chi connectivity index (χ2n) is 4.66. The molecule has 2 nitrogen and oxygen atoms in total. The molecule has 104 valence electrons. The SMILES string of the molecule is COc1ccc(-c2cc(-c3ccccc3)cnc2F)cc1. The van der Waals surface area contributed by atoms with Gasteiger partial charge < -0.3 is 4.74 Å². The Morgan fingerprint density at radius 1 is 0.857 bits per heavy atom. The summed E-state index contributed by atoms with van der Waals surface area (Å²) in [7, 11) is 1.60. The molecule has 0 aliphatic rings. The molecule has 0 spiro atoms. The average molecular weight is 279 g/mol. The Hall–Kier alpha value is -2.68. The summed E-state index contributed by atoms with van der Waals surface area (Å²) in [4.78, 5) is 3.88. The molecule has 3 heteroatoms. The van der Waals surface area contributed by atoms with Gasteiger partial charge in [0.25, 0.3) is 0 Å². The van der Waals surface area contributed by atoms with Crippen LogP contribution in [-0.4, -0.2) is 12.1 Å². The van der Waals surface area contributed by atoms with Gasteiger partial charge in [0.05, 0.1) is 7.11 Å². The second-order valence-corrected chi connectivity index (χ2v) is 4.66. The zero-order valence-corrected chi connectivity index (χ0v) is 11.6. The van der Waals surface area contributed by atoms with Gasteiger partial charge in [0.1, 0.15) is 5.75 Å². The van der Waals surface area contributed by atoms with Crippen molar-refractivity contribution in [2.24, 2.45) is 0 Å². The Balaban J connectivity index is 2.05. The van der Waals surface area contributed by atoms with Crippen molar-refractivity contribution in [1.82, 2.24) is 4.98 Å².